The molecule has 25 heavy (non-hydrogen) atoms. The largest absolute Gasteiger partial charge is 0.479 e. The van der Waals surface area contributed by atoms with Gasteiger partial charge in [0.25, 0.3) is 0 Å². The lowest BCUT2D eigenvalue weighted by atomic mass is 9.47. The van der Waals surface area contributed by atoms with Crippen LogP contribution in [0.25, 0.3) is 0 Å². The number of epoxide rings is 1. The SMILES string of the molecule is CC12C=CC(=O)C=C1CCC1C3CC[C@](O)(C(=O)O)C3(C)C[C@@H]3O[C@]132. The number of ether oxygens (including phenoxy) is 1. The van der Waals surface area contributed by atoms with Crippen LogP contribution in [0.1, 0.15) is 46.0 Å². The molecule has 4 aliphatic carbocycles. The van der Waals surface area contributed by atoms with Gasteiger partial charge in [0.1, 0.15) is 5.60 Å². The zero-order valence-corrected chi connectivity index (χ0v) is 14.6. The maximum atomic E-state index is 11.8. The number of allylic oxidation sites excluding steroid dienone is 2. The maximum Gasteiger partial charge on any atom is 0.336 e. The van der Waals surface area contributed by atoms with E-state index in [1.54, 1.807) is 12.2 Å². The Bertz CT molecular complexity index is 768. The highest BCUT2D eigenvalue weighted by molar-refractivity contribution is 6.01. The lowest BCUT2D eigenvalue weighted by Gasteiger charge is -2.55. The van der Waals surface area contributed by atoms with Gasteiger partial charge in [-0.3, -0.25) is 4.79 Å². The van der Waals surface area contributed by atoms with Crippen LogP contribution >= 0.6 is 0 Å². The van der Waals surface area contributed by atoms with E-state index in [-0.39, 0.29) is 34.7 Å². The summed E-state index contributed by atoms with van der Waals surface area (Å²) >= 11 is 0. The van der Waals surface area contributed by atoms with Crippen molar-refractivity contribution in [1.82, 2.24) is 0 Å². The minimum Gasteiger partial charge on any atom is -0.479 e. The van der Waals surface area contributed by atoms with Crippen LogP contribution in [0.5, 0.6) is 0 Å². The molecule has 1 spiro atoms. The van der Waals surface area contributed by atoms with Gasteiger partial charge in [0, 0.05) is 10.8 Å². The number of carboxylic acid groups (broad SMARTS) is 1. The van der Waals surface area contributed by atoms with Gasteiger partial charge in [-0.1, -0.05) is 18.6 Å². The molecule has 3 saturated carbocycles. The number of carbonyl (C=O) groups is 2. The molecule has 0 aromatic heterocycles. The minimum absolute atomic E-state index is 0.0429. The summed E-state index contributed by atoms with van der Waals surface area (Å²) in [6.07, 6.45) is 8.72. The third kappa shape index (κ3) is 1.50. The molecule has 5 aliphatic rings. The maximum absolute atomic E-state index is 11.8. The fraction of sp³-hybridized carbons (Fsp3) is 0.700. The van der Waals surface area contributed by atoms with Gasteiger partial charge in [0.2, 0.25) is 0 Å². The minimum atomic E-state index is -1.66. The number of rotatable bonds is 1. The van der Waals surface area contributed by atoms with Crippen LogP contribution in [-0.4, -0.2) is 39.3 Å². The van der Waals surface area contributed by atoms with E-state index in [9.17, 15) is 19.8 Å². The molecule has 5 rings (SSSR count). The Morgan fingerprint density at radius 1 is 1.28 bits per heavy atom. The van der Waals surface area contributed by atoms with Gasteiger partial charge in [0.05, 0.1) is 6.10 Å². The number of ketones is 1. The van der Waals surface area contributed by atoms with E-state index >= 15 is 0 Å². The summed E-state index contributed by atoms with van der Waals surface area (Å²) in [5.74, 6) is -0.695. The fourth-order valence-electron chi connectivity index (χ4n) is 7.00. The van der Waals surface area contributed by atoms with E-state index in [0.717, 1.165) is 24.8 Å². The molecule has 2 N–H and O–H groups in total. The molecule has 0 radical (unpaired) electrons. The second-order valence-electron chi connectivity index (χ2n) is 9.08. The quantitative estimate of drug-likeness (QED) is 0.713. The first-order chi connectivity index (χ1) is 11.7. The Balaban J connectivity index is 1.60. The van der Waals surface area contributed by atoms with E-state index in [2.05, 4.69) is 6.92 Å². The molecule has 1 heterocycles. The van der Waals surface area contributed by atoms with Crippen LogP contribution in [-0.2, 0) is 14.3 Å². The molecule has 7 atom stereocenters. The molecule has 1 aliphatic heterocycles. The molecule has 5 nitrogen and oxygen atoms in total. The molecular formula is C20H24O5. The summed E-state index contributed by atoms with van der Waals surface area (Å²) < 4.78 is 6.34. The van der Waals surface area contributed by atoms with Crippen LogP contribution in [0, 0.1) is 22.7 Å². The first-order valence-corrected chi connectivity index (χ1v) is 9.27. The summed E-state index contributed by atoms with van der Waals surface area (Å²) in [4.78, 5) is 23.7. The van der Waals surface area contributed by atoms with Crippen molar-refractivity contribution in [3.8, 4) is 0 Å². The topological polar surface area (TPSA) is 87.1 Å². The van der Waals surface area contributed by atoms with Crippen molar-refractivity contribution in [3.05, 3.63) is 23.8 Å². The van der Waals surface area contributed by atoms with Crippen molar-refractivity contribution < 1.29 is 24.5 Å². The van der Waals surface area contributed by atoms with Crippen LogP contribution in [0.4, 0.5) is 0 Å². The van der Waals surface area contributed by atoms with Crippen LogP contribution in [0.3, 0.4) is 0 Å². The summed E-state index contributed by atoms with van der Waals surface area (Å²) in [7, 11) is 0. The van der Waals surface area contributed by atoms with E-state index in [0.29, 0.717) is 12.8 Å². The number of hydrogen-bond acceptors (Lipinski definition) is 4. The van der Waals surface area contributed by atoms with Crippen molar-refractivity contribution >= 4 is 11.8 Å². The zero-order valence-electron chi connectivity index (χ0n) is 14.6. The highest BCUT2D eigenvalue weighted by atomic mass is 16.6. The number of carbonyl (C=O) groups excluding carboxylic acids is 1. The monoisotopic (exact) mass is 344 g/mol. The Hall–Kier alpha value is -1.46. The summed E-state index contributed by atoms with van der Waals surface area (Å²) in [5, 5.41) is 20.6. The van der Waals surface area contributed by atoms with Crippen LogP contribution in [0.2, 0.25) is 0 Å². The zero-order chi connectivity index (χ0) is 17.8. The predicted octanol–water partition coefficient (Wildman–Crippen LogP) is 2.24. The van der Waals surface area contributed by atoms with Crippen LogP contribution in [0.15, 0.2) is 23.8 Å². The second-order valence-corrected chi connectivity index (χ2v) is 9.08. The van der Waals surface area contributed by atoms with Gasteiger partial charge in [-0.2, -0.15) is 0 Å². The smallest absolute Gasteiger partial charge is 0.336 e. The third-order valence-corrected chi connectivity index (χ3v) is 8.44. The number of aliphatic carboxylic acids is 1. The molecule has 0 amide bonds. The van der Waals surface area contributed by atoms with E-state index in [4.69, 9.17) is 4.74 Å². The molecule has 4 fully saturated rings. The number of hydrogen-bond donors (Lipinski definition) is 2. The second kappa shape index (κ2) is 4.26. The van der Waals surface area contributed by atoms with Gasteiger partial charge in [-0.25, -0.2) is 4.79 Å². The van der Waals surface area contributed by atoms with Crippen LogP contribution < -0.4 is 0 Å². The molecule has 0 bridgehead atoms. The van der Waals surface area contributed by atoms with Crippen molar-refractivity contribution in [2.24, 2.45) is 22.7 Å². The lowest BCUT2D eigenvalue weighted by Crippen LogP contribution is -2.61. The highest BCUT2D eigenvalue weighted by Gasteiger charge is 2.81. The first-order valence-electron chi connectivity index (χ1n) is 9.27. The van der Waals surface area contributed by atoms with Crippen molar-refractivity contribution in [2.75, 3.05) is 0 Å². The number of carboxylic acids is 1. The third-order valence-electron chi connectivity index (χ3n) is 8.44. The van der Waals surface area contributed by atoms with Gasteiger partial charge in [-0.05, 0) is 63.0 Å². The van der Waals surface area contributed by atoms with Gasteiger partial charge in [-0.15, -0.1) is 0 Å². The van der Waals surface area contributed by atoms with Gasteiger partial charge >= 0.3 is 5.97 Å². The Morgan fingerprint density at radius 2 is 2.04 bits per heavy atom. The number of fused-ring (bicyclic) bond motifs is 3. The Kier molecular flexibility index (Phi) is 2.69. The Labute approximate surface area is 146 Å². The fourth-order valence-corrected chi connectivity index (χ4v) is 7.00. The highest BCUT2D eigenvalue weighted by Crippen LogP contribution is 2.75. The standard InChI is InChI=1S/C20H24O5/c1-17-7-5-12(21)9-11(17)3-4-14-13-6-8-19(24,16(22)23)18(13,2)10-15-20(14,17)25-15/h5,7,9,13-15,24H,3-4,6,8,10H2,1-2H3,(H,22,23)/t13?,14?,15-,17?,18?,19-,20+/m0/s1. The van der Waals surface area contributed by atoms with Crippen molar-refractivity contribution in [1.29, 1.82) is 0 Å². The normalized spacial score (nSPS) is 55.6. The molecular weight excluding hydrogens is 320 g/mol. The molecule has 5 heteroatoms. The molecule has 134 valence electrons. The molecule has 0 aromatic rings. The molecule has 1 saturated heterocycles. The van der Waals surface area contributed by atoms with Gasteiger partial charge in [0.15, 0.2) is 11.4 Å². The summed E-state index contributed by atoms with van der Waals surface area (Å²) in [6, 6.07) is 0. The van der Waals surface area contributed by atoms with E-state index < -0.39 is 17.0 Å². The average molecular weight is 344 g/mol. The van der Waals surface area contributed by atoms with Crippen molar-refractivity contribution in [2.45, 2.75) is 63.3 Å². The number of aliphatic hydroxyl groups is 1. The van der Waals surface area contributed by atoms with E-state index in [1.807, 2.05) is 13.0 Å². The summed E-state index contributed by atoms with van der Waals surface area (Å²) in [6.45, 7) is 4.10. The average Bonchev–Trinajstić information content (AvgIpc) is 3.20. The Morgan fingerprint density at radius 3 is 2.76 bits per heavy atom. The molecule has 4 unspecified atom stereocenters. The molecule has 0 aromatic carbocycles. The predicted molar refractivity (Wildman–Crippen MR) is 88.7 cm³/mol. The van der Waals surface area contributed by atoms with E-state index in [1.165, 1.54) is 0 Å². The lowest BCUT2D eigenvalue weighted by molar-refractivity contribution is -0.177. The summed E-state index contributed by atoms with van der Waals surface area (Å²) in [5.41, 5.74) is -1.79. The van der Waals surface area contributed by atoms with Gasteiger partial charge < -0.3 is 14.9 Å². The van der Waals surface area contributed by atoms with Crippen molar-refractivity contribution in [3.63, 3.8) is 0 Å². The first kappa shape index (κ1) is 15.8.